The molecule has 0 atom stereocenters. The first-order chi connectivity index (χ1) is 10.2. The van der Waals surface area contributed by atoms with E-state index in [1.807, 2.05) is 18.2 Å². The van der Waals surface area contributed by atoms with Gasteiger partial charge in [0.1, 0.15) is 11.5 Å². The van der Waals surface area contributed by atoms with E-state index < -0.39 is 0 Å². The summed E-state index contributed by atoms with van der Waals surface area (Å²) in [5.74, 6) is 0.603. The van der Waals surface area contributed by atoms with Crippen LogP contribution in [-0.4, -0.2) is 30.0 Å². The van der Waals surface area contributed by atoms with Crippen molar-refractivity contribution in [3.05, 3.63) is 60.2 Å². The molecule has 0 N–H and O–H groups in total. The van der Waals surface area contributed by atoms with E-state index >= 15 is 0 Å². The van der Waals surface area contributed by atoms with E-state index in [4.69, 9.17) is 4.74 Å². The van der Waals surface area contributed by atoms with Crippen molar-refractivity contribution in [1.82, 2.24) is 4.90 Å². The predicted molar refractivity (Wildman–Crippen MR) is 76.1 cm³/mol. The Kier molecular flexibility index (Phi) is 4.82. The average Bonchev–Trinajstić information content (AvgIpc) is 2.54. The van der Waals surface area contributed by atoms with Crippen LogP contribution in [0.2, 0.25) is 0 Å². The van der Waals surface area contributed by atoms with Crippen molar-refractivity contribution >= 4 is 18.6 Å². The fraction of sp³-hybridized carbons (Fsp3) is 0.0625. The molecule has 2 aromatic carbocycles. The Bertz CT molecular complexity index is 632. The molecule has 0 heterocycles. The third kappa shape index (κ3) is 3.76. The Labute approximate surface area is 121 Å². The van der Waals surface area contributed by atoms with Gasteiger partial charge in [0.25, 0.3) is 0 Å². The minimum atomic E-state index is -0.374. The lowest BCUT2D eigenvalue weighted by atomic mass is 10.1. The summed E-state index contributed by atoms with van der Waals surface area (Å²) in [7, 11) is 0. The Morgan fingerprint density at radius 1 is 0.952 bits per heavy atom. The molecule has 106 valence electrons. The zero-order valence-corrected chi connectivity index (χ0v) is 11.1. The molecule has 5 nitrogen and oxygen atoms in total. The van der Waals surface area contributed by atoms with Crippen molar-refractivity contribution in [2.75, 3.05) is 6.54 Å². The number of hydrogen-bond acceptors (Lipinski definition) is 4. The molecule has 0 aromatic heterocycles. The molecule has 0 saturated heterocycles. The van der Waals surface area contributed by atoms with Crippen molar-refractivity contribution in [2.24, 2.45) is 0 Å². The van der Waals surface area contributed by atoms with E-state index in [0.717, 1.165) is 4.90 Å². The van der Waals surface area contributed by atoms with Crippen LogP contribution in [0.15, 0.2) is 54.6 Å². The second kappa shape index (κ2) is 7.00. The lowest BCUT2D eigenvalue weighted by Gasteiger charge is -2.12. The molecule has 0 aliphatic heterocycles. The summed E-state index contributed by atoms with van der Waals surface area (Å²) in [4.78, 5) is 34.1. The third-order valence-corrected chi connectivity index (χ3v) is 2.76. The van der Waals surface area contributed by atoms with Crippen LogP contribution in [0.5, 0.6) is 11.5 Å². The molecule has 0 aliphatic carbocycles. The minimum absolute atomic E-state index is 0.311. The number of benzene rings is 2. The molecular weight excluding hydrogens is 270 g/mol. The summed E-state index contributed by atoms with van der Waals surface area (Å²) in [6.07, 6.45) is 0.622. The Balaban J connectivity index is 2.22. The molecule has 0 saturated carbocycles. The van der Waals surface area contributed by atoms with Crippen LogP contribution >= 0.6 is 0 Å². The minimum Gasteiger partial charge on any atom is -0.457 e. The fourth-order valence-electron chi connectivity index (χ4n) is 1.75. The number of carbonyl (C=O) groups excluding carboxylic acids is 3. The maximum Gasteiger partial charge on any atom is 0.216 e. The molecule has 5 heteroatoms. The normalized spacial score (nSPS) is 9.71. The van der Waals surface area contributed by atoms with Crippen molar-refractivity contribution in [3.63, 3.8) is 0 Å². The van der Waals surface area contributed by atoms with Crippen LogP contribution in [0.1, 0.15) is 10.4 Å². The zero-order valence-electron chi connectivity index (χ0n) is 11.1. The molecule has 0 aliphatic rings. The molecule has 2 aromatic rings. The highest BCUT2D eigenvalue weighted by Crippen LogP contribution is 2.25. The van der Waals surface area contributed by atoms with Crippen molar-refractivity contribution < 1.29 is 19.1 Å². The standard InChI is InChI=1S/C16H13NO4/c18-11-17(12-19)10-15(20)14-8-4-5-9-16(14)21-13-6-2-1-3-7-13/h1-9,11-12H,10H2. The molecule has 0 fully saturated rings. The van der Waals surface area contributed by atoms with E-state index in [0.29, 0.717) is 29.9 Å². The lowest BCUT2D eigenvalue weighted by molar-refractivity contribution is -0.128. The highest BCUT2D eigenvalue weighted by atomic mass is 16.5. The number of amides is 2. The zero-order chi connectivity index (χ0) is 15.1. The van der Waals surface area contributed by atoms with E-state index in [1.54, 1.807) is 36.4 Å². The van der Waals surface area contributed by atoms with Gasteiger partial charge in [-0.2, -0.15) is 0 Å². The van der Waals surface area contributed by atoms with Gasteiger partial charge in [-0.3, -0.25) is 19.3 Å². The number of ketones is 1. The molecule has 21 heavy (non-hydrogen) atoms. The van der Waals surface area contributed by atoms with Gasteiger partial charge in [0.15, 0.2) is 5.78 Å². The monoisotopic (exact) mass is 283 g/mol. The van der Waals surface area contributed by atoms with E-state index in [2.05, 4.69) is 0 Å². The number of imide groups is 1. The van der Waals surface area contributed by atoms with E-state index in [9.17, 15) is 14.4 Å². The van der Waals surface area contributed by atoms with E-state index in [1.165, 1.54) is 0 Å². The topological polar surface area (TPSA) is 63.7 Å². The quantitative estimate of drug-likeness (QED) is 0.577. The first-order valence-corrected chi connectivity index (χ1v) is 6.26. The number of hydrogen-bond donors (Lipinski definition) is 0. The number of Topliss-reactive ketones (excluding diaryl/α,β-unsaturated/α-hetero) is 1. The number of rotatable bonds is 7. The number of nitrogens with zero attached hydrogens (tertiary/aromatic N) is 1. The number of carbonyl (C=O) groups is 3. The highest BCUT2D eigenvalue weighted by Gasteiger charge is 2.15. The second-order valence-corrected chi connectivity index (χ2v) is 4.22. The van der Waals surface area contributed by atoms with Crippen molar-refractivity contribution in [2.45, 2.75) is 0 Å². The Hall–Kier alpha value is -2.95. The van der Waals surface area contributed by atoms with Gasteiger partial charge < -0.3 is 4.74 Å². The fourth-order valence-corrected chi connectivity index (χ4v) is 1.75. The third-order valence-electron chi connectivity index (χ3n) is 2.76. The van der Waals surface area contributed by atoms with Crippen molar-refractivity contribution in [1.29, 1.82) is 0 Å². The second-order valence-electron chi connectivity index (χ2n) is 4.22. The molecule has 2 rings (SSSR count). The van der Waals surface area contributed by atoms with Crippen LogP contribution in [0.3, 0.4) is 0 Å². The van der Waals surface area contributed by atoms with Gasteiger partial charge in [-0.25, -0.2) is 0 Å². The highest BCUT2D eigenvalue weighted by molar-refractivity contribution is 6.01. The number of ether oxygens (including phenoxy) is 1. The molecule has 0 spiro atoms. The maximum atomic E-state index is 12.1. The van der Waals surface area contributed by atoms with Gasteiger partial charge in [-0.05, 0) is 24.3 Å². The van der Waals surface area contributed by atoms with Gasteiger partial charge in [-0.15, -0.1) is 0 Å². The molecular formula is C16H13NO4. The van der Waals surface area contributed by atoms with Gasteiger partial charge in [0.2, 0.25) is 12.8 Å². The molecule has 0 radical (unpaired) electrons. The Morgan fingerprint density at radius 2 is 1.57 bits per heavy atom. The molecule has 2 amide bonds. The number of para-hydroxylation sites is 2. The Morgan fingerprint density at radius 3 is 2.24 bits per heavy atom. The average molecular weight is 283 g/mol. The van der Waals surface area contributed by atoms with Crippen LogP contribution in [0.4, 0.5) is 0 Å². The van der Waals surface area contributed by atoms with Crippen LogP contribution in [-0.2, 0) is 9.59 Å². The maximum absolute atomic E-state index is 12.1. The van der Waals surface area contributed by atoms with Gasteiger partial charge >= 0.3 is 0 Å². The summed E-state index contributed by atoms with van der Waals surface area (Å²) >= 11 is 0. The molecule has 0 bridgehead atoms. The van der Waals surface area contributed by atoms with Gasteiger partial charge in [-0.1, -0.05) is 30.3 Å². The predicted octanol–water partition coefficient (Wildman–Crippen LogP) is 2.28. The first kappa shape index (κ1) is 14.5. The van der Waals surface area contributed by atoms with Gasteiger partial charge in [0.05, 0.1) is 12.1 Å². The summed E-state index contributed by atoms with van der Waals surface area (Å²) in [5.41, 5.74) is 0.315. The van der Waals surface area contributed by atoms with Crippen LogP contribution in [0.25, 0.3) is 0 Å². The van der Waals surface area contributed by atoms with Crippen LogP contribution in [0, 0.1) is 0 Å². The summed E-state index contributed by atoms with van der Waals surface area (Å²) < 4.78 is 5.66. The van der Waals surface area contributed by atoms with Gasteiger partial charge in [0, 0.05) is 0 Å². The largest absolute Gasteiger partial charge is 0.457 e. The van der Waals surface area contributed by atoms with Crippen LogP contribution < -0.4 is 4.74 Å². The SMILES string of the molecule is O=CN(C=O)CC(=O)c1ccccc1Oc1ccccc1. The lowest BCUT2D eigenvalue weighted by Crippen LogP contribution is -2.27. The smallest absolute Gasteiger partial charge is 0.216 e. The first-order valence-electron chi connectivity index (χ1n) is 6.26. The van der Waals surface area contributed by atoms with Crippen molar-refractivity contribution in [3.8, 4) is 11.5 Å². The molecule has 0 unspecified atom stereocenters. The summed E-state index contributed by atoms with van der Waals surface area (Å²) in [6, 6.07) is 15.7. The van der Waals surface area contributed by atoms with E-state index in [-0.39, 0.29) is 12.3 Å². The summed E-state index contributed by atoms with van der Waals surface area (Å²) in [5, 5.41) is 0. The summed E-state index contributed by atoms with van der Waals surface area (Å²) in [6.45, 7) is -0.317.